The number of rotatable bonds is 4. The van der Waals surface area contributed by atoms with Crippen LogP contribution in [0, 0.1) is 0 Å². The molecule has 0 saturated heterocycles. The van der Waals surface area contributed by atoms with E-state index in [1.165, 1.54) is 0 Å². The molecule has 2 N–H and O–H groups in total. The summed E-state index contributed by atoms with van der Waals surface area (Å²) in [4.78, 5) is 4.07. The first kappa shape index (κ1) is 13.4. The molecule has 1 aromatic rings. The molecule has 0 aliphatic carbocycles. The van der Waals surface area contributed by atoms with Crippen molar-refractivity contribution in [2.24, 2.45) is 5.73 Å². The lowest BCUT2D eigenvalue weighted by atomic mass is 10.1. The van der Waals surface area contributed by atoms with E-state index in [1.807, 2.05) is 0 Å². The number of pyridine rings is 1. The first-order chi connectivity index (χ1) is 7.42. The summed E-state index contributed by atoms with van der Waals surface area (Å²) in [5.41, 5.74) is 6.91. The van der Waals surface area contributed by atoms with Gasteiger partial charge in [0.15, 0.2) is 0 Å². The molecule has 0 spiro atoms. The van der Waals surface area contributed by atoms with Crippen molar-refractivity contribution in [1.29, 1.82) is 0 Å². The fourth-order valence-corrected chi connectivity index (χ4v) is 1.85. The second-order valence-electron chi connectivity index (χ2n) is 3.44. The summed E-state index contributed by atoms with van der Waals surface area (Å²) in [5, 5.41) is 0. The van der Waals surface area contributed by atoms with E-state index in [0.29, 0.717) is 18.7 Å². The molecule has 0 fully saturated rings. The Morgan fingerprint density at radius 1 is 1.38 bits per heavy atom. The summed E-state index contributed by atoms with van der Waals surface area (Å²) in [6.45, 7) is 0.369. The molecule has 1 rings (SSSR count). The van der Waals surface area contributed by atoms with Gasteiger partial charge in [0.05, 0.1) is 5.69 Å². The largest absolute Gasteiger partial charge is 0.389 e. The lowest BCUT2D eigenvalue weighted by Crippen LogP contribution is -2.08. The van der Waals surface area contributed by atoms with E-state index < -0.39 is 12.6 Å². The summed E-state index contributed by atoms with van der Waals surface area (Å²) in [6, 6.07) is 1.79. The van der Waals surface area contributed by atoms with Crippen LogP contribution >= 0.6 is 15.9 Å². The zero-order valence-electron chi connectivity index (χ0n) is 8.52. The Morgan fingerprint density at radius 3 is 2.56 bits per heavy atom. The SMILES string of the molecule is NCc1cnc(CCCC(F)(F)F)c(Br)c1. The quantitative estimate of drug-likeness (QED) is 0.927. The molecule has 0 atom stereocenters. The molecule has 0 amide bonds. The average Bonchev–Trinajstić information content (AvgIpc) is 2.18. The van der Waals surface area contributed by atoms with Gasteiger partial charge >= 0.3 is 6.18 Å². The summed E-state index contributed by atoms with van der Waals surface area (Å²) in [6.07, 6.45) is -2.92. The van der Waals surface area contributed by atoms with Gasteiger partial charge in [0.1, 0.15) is 0 Å². The molecule has 0 aliphatic rings. The fraction of sp³-hybridized carbons (Fsp3) is 0.500. The molecule has 0 radical (unpaired) electrons. The van der Waals surface area contributed by atoms with Gasteiger partial charge in [-0.1, -0.05) is 0 Å². The minimum Gasteiger partial charge on any atom is -0.326 e. The van der Waals surface area contributed by atoms with Gasteiger partial charge in [-0.15, -0.1) is 0 Å². The Balaban J connectivity index is 2.55. The molecule has 90 valence electrons. The van der Waals surface area contributed by atoms with E-state index in [2.05, 4.69) is 20.9 Å². The van der Waals surface area contributed by atoms with Gasteiger partial charge in [0.2, 0.25) is 0 Å². The van der Waals surface area contributed by atoms with E-state index in [1.54, 1.807) is 12.3 Å². The maximum absolute atomic E-state index is 11.9. The third kappa shape index (κ3) is 4.49. The molecule has 0 aromatic carbocycles. The van der Waals surface area contributed by atoms with Crippen molar-refractivity contribution < 1.29 is 13.2 Å². The molecule has 1 heterocycles. The second kappa shape index (κ2) is 5.63. The van der Waals surface area contributed by atoms with Gasteiger partial charge in [-0.25, -0.2) is 0 Å². The van der Waals surface area contributed by atoms with E-state index in [-0.39, 0.29) is 6.42 Å². The Labute approximate surface area is 100 Å². The van der Waals surface area contributed by atoms with Crippen LogP contribution in [0.1, 0.15) is 24.1 Å². The number of hydrogen-bond acceptors (Lipinski definition) is 2. The summed E-state index contributed by atoms with van der Waals surface area (Å²) >= 11 is 3.27. The molecule has 16 heavy (non-hydrogen) atoms. The Bertz CT molecular complexity index is 352. The topological polar surface area (TPSA) is 38.9 Å². The number of alkyl halides is 3. The zero-order valence-corrected chi connectivity index (χ0v) is 10.1. The van der Waals surface area contributed by atoms with Crippen molar-refractivity contribution in [3.63, 3.8) is 0 Å². The van der Waals surface area contributed by atoms with E-state index in [4.69, 9.17) is 5.73 Å². The molecule has 6 heteroatoms. The maximum atomic E-state index is 11.9. The number of nitrogens with zero attached hydrogens (tertiary/aromatic N) is 1. The summed E-state index contributed by atoms with van der Waals surface area (Å²) < 4.78 is 36.5. The van der Waals surface area contributed by atoms with Crippen LogP contribution in [-0.2, 0) is 13.0 Å². The first-order valence-corrected chi connectivity index (χ1v) is 5.62. The second-order valence-corrected chi connectivity index (χ2v) is 4.30. The van der Waals surface area contributed by atoms with Crippen LogP contribution in [0.3, 0.4) is 0 Å². The van der Waals surface area contributed by atoms with Crippen LogP contribution < -0.4 is 5.73 Å². The minimum absolute atomic E-state index is 0.0527. The van der Waals surface area contributed by atoms with Gasteiger partial charge in [-0.05, 0) is 40.4 Å². The zero-order chi connectivity index (χ0) is 12.2. The van der Waals surface area contributed by atoms with Crippen LogP contribution in [0.4, 0.5) is 13.2 Å². The van der Waals surface area contributed by atoms with Crippen LogP contribution in [0.25, 0.3) is 0 Å². The number of halogens is 4. The summed E-state index contributed by atoms with van der Waals surface area (Å²) in [7, 11) is 0. The van der Waals surface area contributed by atoms with Gasteiger partial charge in [-0.3, -0.25) is 4.98 Å². The minimum atomic E-state index is -4.09. The van der Waals surface area contributed by atoms with E-state index >= 15 is 0 Å². The molecular weight excluding hydrogens is 285 g/mol. The molecule has 0 aliphatic heterocycles. The standard InChI is InChI=1S/C10H12BrF3N2/c11-8-4-7(5-15)6-16-9(8)2-1-3-10(12,13)14/h4,6H,1-3,5,15H2. The highest BCUT2D eigenvalue weighted by molar-refractivity contribution is 9.10. The van der Waals surface area contributed by atoms with Gasteiger partial charge in [-0.2, -0.15) is 13.2 Å². The van der Waals surface area contributed by atoms with Crippen molar-refractivity contribution in [3.8, 4) is 0 Å². The Hall–Kier alpha value is -0.620. The maximum Gasteiger partial charge on any atom is 0.389 e. The first-order valence-electron chi connectivity index (χ1n) is 4.82. The third-order valence-electron chi connectivity index (χ3n) is 2.08. The predicted octanol–water partition coefficient (Wildman–Crippen LogP) is 3.19. The van der Waals surface area contributed by atoms with Crippen LogP contribution in [0.2, 0.25) is 0 Å². The van der Waals surface area contributed by atoms with Gasteiger partial charge in [0, 0.05) is 23.6 Å². The van der Waals surface area contributed by atoms with Crippen molar-refractivity contribution in [2.75, 3.05) is 0 Å². The normalized spacial score (nSPS) is 11.8. The van der Waals surface area contributed by atoms with E-state index in [9.17, 15) is 13.2 Å². The van der Waals surface area contributed by atoms with Crippen molar-refractivity contribution in [2.45, 2.75) is 32.0 Å². The lowest BCUT2D eigenvalue weighted by molar-refractivity contribution is -0.135. The monoisotopic (exact) mass is 296 g/mol. The third-order valence-corrected chi connectivity index (χ3v) is 2.77. The lowest BCUT2D eigenvalue weighted by Gasteiger charge is -2.07. The number of aromatic nitrogens is 1. The Kier molecular flexibility index (Phi) is 4.73. The van der Waals surface area contributed by atoms with Crippen molar-refractivity contribution in [1.82, 2.24) is 4.98 Å². The van der Waals surface area contributed by atoms with Gasteiger partial charge < -0.3 is 5.73 Å². The van der Waals surface area contributed by atoms with Gasteiger partial charge in [0.25, 0.3) is 0 Å². The molecule has 0 bridgehead atoms. The number of nitrogens with two attached hydrogens (primary N) is 1. The highest BCUT2D eigenvalue weighted by Crippen LogP contribution is 2.24. The predicted molar refractivity (Wildman–Crippen MR) is 58.8 cm³/mol. The molecule has 0 saturated carbocycles. The Morgan fingerprint density at radius 2 is 2.06 bits per heavy atom. The van der Waals surface area contributed by atoms with Crippen LogP contribution in [-0.4, -0.2) is 11.2 Å². The van der Waals surface area contributed by atoms with Crippen molar-refractivity contribution in [3.05, 3.63) is 28.0 Å². The summed E-state index contributed by atoms with van der Waals surface area (Å²) in [5.74, 6) is 0. The number of aryl methyl sites for hydroxylation is 1. The number of hydrogen-bond donors (Lipinski definition) is 1. The molecule has 0 unspecified atom stereocenters. The van der Waals surface area contributed by atoms with Crippen LogP contribution in [0.5, 0.6) is 0 Å². The van der Waals surface area contributed by atoms with Crippen LogP contribution in [0.15, 0.2) is 16.7 Å². The molecular formula is C10H12BrF3N2. The highest BCUT2D eigenvalue weighted by atomic mass is 79.9. The highest BCUT2D eigenvalue weighted by Gasteiger charge is 2.26. The fourth-order valence-electron chi connectivity index (χ4n) is 1.26. The van der Waals surface area contributed by atoms with E-state index in [0.717, 1.165) is 10.0 Å². The molecule has 2 nitrogen and oxygen atoms in total. The smallest absolute Gasteiger partial charge is 0.326 e. The molecule has 1 aromatic heterocycles. The van der Waals surface area contributed by atoms with Crippen molar-refractivity contribution >= 4 is 15.9 Å². The average molecular weight is 297 g/mol.